The average molecular weight is 243 g/mol. The van der Waals surface area contributed by atoms with Crippen molar-refractivity contribution in [3.05, 3.63) is 32.7 Å². The van der Waals surface area contributed by atoms with Gasteiger partial charge in [-0.1, -0.05) is 18.5 Å². The molecule has 0 aliphatic carbocycles. The van der Waals surface area contributed by atoms with Crippen molar-refractivity contribution in [3.8, 4) is 0 Å². The third kappa shape index (κ3) is 2.85. The van der Waals surface area contributed by atoms with Crippen LogP contribution >= 0.6 is 11.6 Å². The molecule has 16 heavy (non-hydrogen) atoms. The van der Waals surface area contributed by atoms with E-state index >= 15 is 0 Å². The molecule has 1 amide bonds. The van der Waals surface area contributed by atoms with Gasteiger partial charge >= 0.3 is 0 Å². The lowest BCUT2D eigenvalue weighted by atomic mass is 10.2. The molecule has 0 unspecified atom stereocenters. The summed E-state index contributed by atoms with van der Waals surface area (Å²) >= 11 is 5.85. The van der Waals surface area contributed by atoms with E-state index in [-0.39, 0.29) is 11.6 Å². The molecule has 0 spiro atoms. The number of aromatic nitrogens is 1. The number of aryl methyl sites for hydroxylation is 1. The van der Waals surface area contributed by atoms with E-state index in [4.69, 9.17) is 11.6 Å². The maximum Gasteiger partial charge on any atom is 0.261 e. The minimum absolute atomic E-state index is 0.0342. The van der Waals surface area contributed by atoms with Crippen molar-refractivity contribution in [1.82, 2.24) is 10.3 Å². The Kier molecular flexibility index (Phi) is 4.12. The predicted octanol–water partition coefficient (Wildman–Crippen LogP) is 1.87. The van der Waals surface area contributed by atoms with Crippen molar-refractivity contribution in [1.29, 1.82) is 0 Å². The lowest BCUT2D eigenvalue weighted by Crippen LogP contribution is -2.35. The highest BCUT2D eigenvalue weighted by atomic mass is 35.5. The van der Waals surface area contributed by atoms with Crippen LogP contribution in [-0.2, 0) is 0 Å². The third-order valence-corrected chi connectivity index (χ3v) is 2.80. The van der Waals surface area contributed by atoms with Gasteiger partial charge in [0.05, 0.1) is 5.02 Å². The highest BCUT2D eigenvalue weighted by Gasteiger charge is 2.14. The molecule has 1 rings (SSSR count). The molecule has 0 radical (unpaired) electrons. The van der Waals surface area contributed by atoms with Gasteiger partial charge in [-0.25, -0.2) is 0 Å². The Morgan fingerprint density at radius 3 is 2.81 bits per heavy atom. The van der Waals surface area contributed by atoms with Gasteiger partial charge < -0.3 is 10.3 Å². The number of rotatable bonds is 3. The van der Waals surface area contributed by atoms with E-state index in [1.807, 2.05) is 13.8 Å². The number of H-pyrrole nitrogens is 1. The minimum atomic E-state index is -0.414. The topological polar surface area (TPSA) is 62.0 Å². The third-order valence-electron chi connectivity index (χ3n) is 2.41. The zero-order valence-corrected chi connectivity index (χ0v) is 10.3. The van der Waals surface area contributed by atoms with Crippen molar-refractivity contribution in [2.24, 2.45) is 0 Å². The minimum Gasteiger partial charge on any atom is -0.349 e. The summed E-state index contributed by atoms with van der Waals surface area (Å²) < 4.78 is 0. The summed E-state index contributed by atoms with van der Waals surface area (Å²) in [5.74, 6) is -0.391. The van der Waals surface area contributed by atoms with Crippen LogP contribution in [0, 0.1) is 6.92 Å². The van der Waals surface area contributed by atoms with Crippen LogP contribution in [-0.4, -0.2) is 16.9 Å². The second-order valence-electron chi connectivity index (χ2n) is 3.77. The van der Waals surface area contributed by atoms with Crippen LogP contribution in [0.3, 0.4) is 0 Å². The fourth-order valence-corrected chi connectivity index (χ4v) is 1.33. The maximum atomic E-state index is 11.7. The van der Waals surface area contributed by atoms with Crippen LogP contribution in [0.15, 0.2) is 10.9 Å². The smallest absolute Gasteiger partial charge is 0.261 e. The molecule has 0 bridgehead atoms. The number of pyridine rings is 1. The molecule has 2 N–H and O–H groups in total. The number of carbonyl (C=O) groups excluding carboxylic acids is 1. The van der Waals surface area contributed by atoms with Gasteiger partial charge in [0.1, 0.15) is 5.56 Å². The number of hydrogen-bond acceptors (Lipinski definition) is 2. The zero-order valence-electron chi connectivity index (χ0n) is 9.56. The largest absolute Gasteiger partial charge is 0.349 e. The van der Waals surface area contributed by atoms with Crippen LogP contribution in [0.25, 0.3) is 0 Å². The molecule has 0 fully saturated rings. The Bertz CT molecular complexity index is 454. The first-order chi connectivity index (χ1) is 7.45. The number of nitrogens with one attached hydrogen (secondary N) is 2. The van der Waals surface area contributed by atoms with Crippen LogP contribution < -0.4 is 10.9 Å². The summed E-state index contributed by atoms with van der Waals surface area (Å²) in [4.78, 5) is 25.8. The second-order valence-corrected chi connectivity index (χ2v) is 4.18. The van der Waals surface area contributed by atoms with Crippen LogP contribution in [0.2, 0.25) is 5.02 Å². The molecule has 5 heteroatoms. The van der Waals surface area contributed by atoms with Crippen LogP contribution in [0.5, 0.6) is 0 Å². The fourth-order valence-electron chi connectivity index (χ4n) is 1.17. The van der Waals surface area contributed by atoms with Crippen LogP contribution in [0.1, 0.15) is 36.3 Å². The standard InChI is InChI=1S/C11H15ClN2O2/c1-4-6(2)13-10(15)8-5-9(12)7(3)14-11(8)16/h5-6H,4H2,1-3H3,(H,13,15)(H,14,16)/t6-/m1/s1. The van der Waals surface area contributed by atoms with Crippen molar-refractivity contribution < 1.29 is 4.79 Å². The van der Waals surface area contributed by atoms with E-state index in [0.29, 0.717) is 10.7 Å². The SMILES string of the molecule is CC[C@@H](C)NC(=O)c1cc(Cl)c(C)[nH]c1=O. The highest BCUT2D eigenvalue weighted by molar-refractivity contribution is 6.31. The molecule has 0 aliphatic rings. The molecule has 0 aromatic carbocycles. The molecule has 4 nitrogen and oxygen atoms in total. The first-order valence-electron chi connectivity index (χ1n) is 5.16. The molecular formula is C11H15ClN2O2. The van der Waals surface area contributed by atoms with E-state index in [0.717, 1.165) is 6.42 Å². The molecule has 1 aromatic rings. The zero-order chi connectivity index (χ0) is 12.3. The Morgan fingerprint density at radius 1 is 1.62 bits per heavy atom. The Labute approximate surface area is 99.0 Å². The highest BCUT2D eigenvalue weighted by Crippen LogP contribution is 2.11. The lowest BCUT2D eigenvalue weighted by molar-refractivity contribution is 0.0937. The summed E-state index contributed by atoms with van der Waals surface area (Å²) in [7, 11) is 0. The summed E-state index contributed by atoms with van der Waals surface area (Å²) in [6.07, 6.45) is 0.809. The number of aromatic amines is 1. The summed E-state index contributed by atoms with van der Waals surface area (Å²) in [5, 5.41) is 3.10. The molecule has 0 saturated heterocycles. The van der Waals surface area contributed by atoms with Gasteiger partial charge in [-0.2, -0.15) is 0 Å². The number of halogens is 1. The number of hydrogen-bond donors (Lipinski definition) is 2. The predicted molar refractivity (Wildman–Crippen MR) is 64.0 cm³/mol. The van der Waals surface area contributed by atoms with Crippen molar-refractivity contribution in [2.45, 2.75) is 33.2 Å². The number of carbonyl (C=O) groups is 1. The van der Waals surface area contributed by atoms with Gasteiger partial charge in [0.15, 0.2) is 0 Å². The van der Waals surface area contributed by atoms with E-state index in [9.17, 15) is 9.59 Å². The van der Waals surface area contributed by atoms with Gasteiger partial charge in [-0.3, -0.25) is 9.59 Å². The monoisotopic (exact) mass is 242 g/mol. The Balaban J connectivity index is 3.01. The normalized spacial score (nSPS) is 12.2. The van der Waals surface area contributed by atoms with E-state index in [2.05, 4.69) is 10.3 Å². The fraction of sp³-hybridized carbons (Fsp3) is 0.455. The Hall–Kier alpha value is -1.29. The van der Waals surface area contributed by atoms with Crippen LogP contribution in [0.4, 0.5) is 0 Å². The lowest BCUT2D eigenvalue weighted by Gasteiger charge is -2.11. The molecular weight excluding hydrogens is 228 g/mol. The maximum absolute atomic E-state index is 11.7. The van der Waals surface area contributed by atoms with E-state index < -0.39 is 11.5 Å². The summed E-state index contributed by atoms with van der Waals surface area (Å²) in [6.45, 7) is 5.51. The van der Waals surface area contributed by atoms with Gasteiger partial charge in [-0.15, -0.1) is 0 Å². The quantitative estimate of drug-likeness (QED) is 0.850. The van der Waals surface area contributed by atoms with Gasteiger partial charge in [0.2, 0.25) is 0 Å². The molecule has 1 atom stereocenters. The van der Waals surface area contributed by atoms with E-state index in [1.54, 1.807) is 6.92 Å². The molecule has 0 saturated carbocycles. The molecule has 1 heterocycles. The average Bonchev–Trinajstić information content (AvgIpc) is 2.23. The summed E-state index contributed by atoms with van der Waals surface area (Å²) in [5.41, 5.74) is 0.199. The summed E-state index contributed by atoms with van der Waals surface area (Å²) in [6, 6.07) is 1.43. The van der Waals surface area contributed by atoms with Crippen molar-refractivity contribution in [2.75, 3.05) is 0 Å². The van der Waals surface area contributed by atoms with Gasteiger partial charge in [0, 0.05) is 11.7 Å². The molecule has 88 valence electrons. The molecule has 0 aliphatic heterocycles. The second kappa shape index (κ2) is 5.16. The van der Waals surface area contributed by atoms with Gasteiger partial charge in [0.25, 0.3) is 11.5 Å². The molecule has 1 aromatic heterocycles. The van der Waals surface area contributed by atoms with Crippen molar-refractivity contribution in [3.63, 3.8) is 0 Å². The number of amides is 1. The van der Waals surface area contributed by atoms with E-state index in [1.165, 1.54) is 6.07 Å². The Morgan fingerprint density at radius 2 is 2.25 bits per heavy atom. The van der Waals surface area contributed by atoms with Crippen molar-refractivity contribution >= 4 is 17.5 Å². The van der Waals surface area contributed by atoms with Gasteiger partial charge in [-0.05, 0) is 26.3 Å². The first kappa shape index (κ1) is 12.8. The first-order valence-corrected chi connectivity index (χ1v) is 5.53.